The number of rotatable bonds is 2. The summed E-state index contributed by atoms with van der Waals surface area (Å²) in [6.45, 7) is 1.99. The molecule has 0 aliphatic carbocycles. The number of nitrogen functional groups attached to an aromatic ring is 1. The lowest BCUT2D eigenvalue weighted by Gasteiger charge is -2.09. The van der Waals surface area contributed by atoms with Crippen LogP contribution in [0.5, 0.6) is 5.75 Å². The summed E-state index contributed by atoms with van der Waals surface area (Å²) in [4.78, 5) is 0. The molecule has 0 aliphatic rings. The van der Waals surface area contributed by atoms with Crippen molar-refractivity contribution in [2.75, 3.05) is 12.8 Å². The lowest BCUT2D eigenvalue weighted by atomic mass is 10.0. The van der Waals surface area contributed by atoms with Crippen LogP contribution in [0.2, 0.25) is 0 Å². The molecule has 0 amide bonds. The van der Waals surface area contributed by atoms with E-state index in [9.17, 15) is 0 Å². The Balaban J connectivity index is 2.59. The van der Waals surface area contributed by atoms with E-state index in [0.29, 0.717) is 5.69 Å². The van der Waals surface area contributed by atoms with E-state index in [2.05, 4.69) is 10.2 Å². The standard InChI is InChI=1S/C11H13N3O/c1-7-8(4-3-5-10(7)15-2)11-9(12)6-13-14-11/h3-6H,12H2,1-2H3,(H,13,14). The molecule has 1 aromatic heterocycles. The fraction of sp³-hybridized carbons (Fsp3) is 0.182. The number of hydrogen-bond donors (Lipinski definition) is 2. The molecule has 1 aromatic carbocycles. The van der Waals surface area contributed by atoms with Gasteiger partial charge in [-0.25, -0.2) is 0 Å². The smallest absolute Gasteiger partial charge is 0.122 e. The van der Waals surface area contributed by atoms with E-state index in [0.717, 1.165) is 22.6 Å². The highest BCUT2D eigenvalue weighted by atomic mass is 16.5. The van der Waals surface area contributed by atoms with E-state index in [-0.39, 0.29) is 0 Å². The minimum absolute atomic E-state index is 0.645. The SMILES string of the molecule is COc1cccc(-c2[nH]ncc2N)c1C. The molecule has 4 nitrogen and oxygen atoms in total. The molecule has 0 atom stereocenters. The number of nitrogens with zero attached hydrogens (tertiary/aromatic N) is 1. The minimum Gasteiger partial charge on any atom is -0.496 e. The molecule has 0 saturated carbocycles. The van der Waals surface area contributed by atoms with Crippen molar-refractivity contribution < 1.29 is 4.74 Å². The normalized spacial score (nSPS) is 10.3. The van der Waals surface area contributed by atoms with Gasteiger partial charge in [0.2, 0.25) is 0 Å². The maximum absolute atomic E-state index is 5.80. The Hall–Kier alpha value is -1.97. The van der Waals surface area contributed by atoms with Crippen LogP contribution < -0.4 is 10.5 Å². The molecule has 0 radical (unpaired) electrons. The molecular formula is C11H13N3O. The van der Waals surface area contributed by atoms with Gasteiger partial charge in [0, 0.05) is 11.1 Å². The van der Waals surface area contributed by atoms with Crippen LogP contribution in [0.15, 0.2) is 24.4 Å². The van der Waals surface area contributed by atoms with Crippen LogP contribution in [-0.2, 0) is 0 Å². The third kappa shape index (κ3) is 1.54. The van der Waals surface area contributed by atoms with Gasteiger partial charge in [-0.1, -0.05) is 12.1 Å². The van der Waals surface area contributed by atoms with Crippen molar-refractivity contribution in [2.45, 2.75) is 6.92 Å². The molecule has 0 saturated heterocycles. The summed E-state index contributed by atoms with van der Waals surface area (Å²) < 4.78 is 5.25. The van der Waals surface area contributed by atoms with Gasteiger partial charge in [0.15, 0.2) is 0 Å². The molecule has 0 aliphatic heterocycles. The second-order valence-electron chi connectivity index (χ2n) is 3.33. The average molecular weight is 203 g/mol. The van der Waals surface area contributed by atoms with E-state index in [1.54, 1.807) is 13.3 Å². The molecule has 0 bridgehead atoms. The van der Waals surface area contributed by atoms with E-state index >= 15 is 0 Å². The maximum Gasteiger partial charge on any atom is 0.122 e. The van der Waals surface area contributed by atoms with Crippen molar-refractivity contribution in [3.8, 4) is 17.0 Å². The van der Waals surface area contributed by atoms with Gasteiger partial charge in [0.05, 0.1) is 24.7 Å². The molecule has 0 unspecified atom stereocenters. The van der Waals surface area contributed by atoms with Crippen molar-refractivity contribution >= 4 is 5.69 Å². The van der Waals surface area contributed by atoms with Gasteiger partial charge in [-0.05, 0) is 13.0 Å². The van der Waals surface area contributed by atoms with Crippen molar-refractivity contribution in [1.82, 2.24) is 10.2 Å². The summed E-state index contributed by atoms with van der Waals surface area (Å²) in [5.41, 5.74) is 9.35. The first kappa shape index (κ1) is 9.58. The number of hydrogen-bond acceptors (Lipinski definition) is 3. The second kappa shape index (κ2) is 3.65. The van der Waals surface area contributed by atoms with Crippen molar-refractivity contribution in [3.05, 3.63) is 30.0 Å². The fourth-order valence-corrected chi connectivity index (χ4v) is 1.62. The summed E-state index contributed by atoms with van der Waals surface area (Å²) in [5, 5.41) is 6.79. The number of nitrogens with two attached hydrogens (primary N) is 1. The molecule has 2 rings (SSSR count). The van der Waals surface area contributed by atoms with Gasteiger partial charge in [0.25, 0.3) is 0 Å². The lowest BCUT2D eigenvalue weighted by Crippen LogP contribution is -1.92. The van der Waals surface area contributed by atoms with Gasteiger partial charge in [0.1, 0.15) is 5.75 Å². The minimum atomic E-state index is 0.645. The van der Waals surface area contributed by atoms with Gasteiger partial charge in [-0.15, -0.1) is 0 Å². The van der Waals surface area contributed by atoms with Gasteiger partial charge < -0.3 is 10.5 Å². The quantitative estimate of drug-likeness (QED) is 0.784. The Morgan fingerprint density at radius 3 is 2.80 bits per heavy atom. The summed E-state index contributed by atoms with van der Waals surface area (Å²) >= 11 is 0. The predicted molar refractivity (Wildman–Crippen MR) is 59.7 cm³/mol. The summed E-state index contributed by atoms with van der Waals surface area (Å²) in [6.07, 6.45) is 1.61. The fourth-order valence-electron chi connectivity index (χ4n) is 1.62. The number of anilines is 1. The molecular weight excluding hydrogens is 190 g/mol. The Kier molecular flexibility index (Phi) is 2.33. The molecule has 0 spiro atoms. The first-order valence-corrected chi connectivity index (χ1v) is 4.67. The number of aromatic nitrogens is 2. The number of methoxy groups -OCH3 is 1. The monoisotopic (exact) mass is 203 g/mol. The van der Waals surface area contributed by atoms with Crippen molar-refractivity contribution in [2.24, 2.45) is 0 Å². The zero-order chi connectivity index (χ0) is 10.8. The second-order valence-corrected chi connectivity index (χ2v) is 3.33. The third-order valence-corrected chi connectivity index (χ3v) is 2.44. The lowest BCUT2D eigenvalue weighted by molar-refractivity contribution is 0.412. The topological polar surface area (TPSA) is 63.9 Å². The number of benzene rings is 1. The van der Waals surface area contributed by atoms with Crippen LogP contribution in [0, 0.1) is 6.92 Å². The molecule has 4 heteroatoms. The Labute approximate surface area is 88.1 Å². The van der Waals surface area contributed by atoms with Crippen LogP contribution in [0.3, 0.4) is 0 Å². The Morgan fingerprint density at radius 1 is 1.40 bits per heavy atom. The largest absolute Gasteiger partial charge is 0.496 e. The maximum atomic E-state index is 5.80. The van der Waals surface area contributed by atoms with Crippen molar-refractivity contribution in [3.63, 3.8) is 0 Å². The highest BCUT2D eigenvalue weighted by molar-refractivity contribution is 5.75. The third-order valence-electron chi connectivity index (χ3n) is 2.44. The van der Waals surface area contributed by atoms with E-state index in [1.807, 2.05) is 25.1 Å². The zero-order valence-electron chi connectivity index (χ0n) is 8.74. The van der Waals surface area contributed by atoms with Crippen molar-refractivity contribution in [1.29, 1.82) is 0 Å². The van der Waals surface area contributed by atoms with Gasteiger partial charge in [-0.2, -0.15) is 5.10 Å². The van der Waals surface area contributed by atoms with Crippen LogP contribution in [0.4, 0.5) is 5.69 Å². The van der Waals surface area contributed by atoms with Crippen LogP contribution in [-0.4, -0.2) is 17.3 Å². The van der Waals surface area contributed by atoms with Gasteiger partial charge >= 0.3 is 0 Å². The van der Waals surface area contributed by atoms with E-state index < -0.39 is 0 Å². The highest BCUT2D eigenvalue weighted by Crippen LogP contribution is 2.31. The van der Waals surface area contributed by atoms with Gasteiger partial charge in [-0.3, -0.25) is 5.10 Å². The molecule has 1 heterocycles. The molecule has 2 aromatic rings. The first-order chi connectivity index (χ1) is 7.24. The number of aromatic amines is 1. The molecule has 78 valence electrons. The molecule has 0 fully saturated rings. The van der Waals surface area contributed by atoms with Crippen LogP contribution in [0.25, 0.3) is 11.3 Å². The number of nitrogens with one attached hydrogen (secondary N) is 1. The predicted octanol–water partition coefficient (Wildman–Crippen LogP) is 1.98. The summed E-state index contributed by atoms with van der Waals surface area (Å²) in [7, 11) is 1.66. The Bertz CT molecular complexity index is 476. The van der Waals surface area contributed by atoms with Crippen LogP contribution in [0.1, 0.15) is 5.56 Å². The Morgan fingerprint density at radius 2 is 2.20 bits per heavy atom. The molecule has 15 heavy (non-hydrogen) atoms. The summed E-state index contributed by atoms with van der Waals surface area (Å²) in [6, 6.07) is 5.84. The highest BCUT2D eigenvalue weighted by Gasteiger charge is 2.10. The number of H-pyrrole nitrogens is 1. The first-order valence-electron chi connectivity index (χ1n) is 4.67. The van der Waals surface area contributed by atoms with E-state index in [4.69, 9.17) is 10.5 Å². The summed E-state index contributed by atoms with van der Waals surface area (Å²) in [5.74, 6) is 0.849. The van der Waals surface area contributed by atoms with Crippen LogP contribution >= 0.6 is 0 Å². The van der Waals surface area contributed by atoms with E-state index in [1.165, 1.54) is 0 Å². The molecule has 3 N–H and O–H groups in total. The average Bonchev–Trinajstić information content (AvgIpc) is 2.65. The zero-order valence-corrected chi connectivity index (χ0v) is 8.74. The number of ether oxygens (including phenoxy) is 1.